The SMILES string of the molecule is CC(C)c1ccc(-c2noc(C3(O)CCNC3)n2)cc1. The van der Waals surface area contributed by atoms with Crippen molar-refractivity contribution in [2.45, 2.75) is 31.8 Å². The van der Waals surface area contributed by atoms with Crippen LogP contribution in [-0.2, 0) is 5.60 Å². The van der Waals surface area contributed by atoms with Gasteiger partial charge in [-0.3, -0.25) is 0 Å². The first-order chi connectivity index (χ1) is 9.58. The number of benzene rings is 1. The summed E-state index contributed by atoms with van der Waals surface area (Å²) in [6.07, 6.45) is 0.598. The molecule has 1 atom stereocenters. The van der Waals surface area contributed by atoms with E-state index in [-0.39, 0.29) is 0 Å². The predicted molar refractivity (Wildman–Crippen MR) is 75.2 cm³/mol. The van der Waals surface area contributed by atoms with Gasteiger partial charge in [0.25, 0.3) is 5.89 Å². The van der Waals surface area contributed by atoms with E-state index in [1.54, 1.807) is 0 Å². The van der Waals surface area contributed by atoms with E-state index in [0.717, 1.165) is 12.1 Å². The molecule has 0 saturated carbocycles. The lowest BCUT2D eigenvalue weighted by Crippen LogP contribution is -2.28. The van der Waals surface area contributed by atoms with Crippen molar-refractivity contribution in [1.82, 2.24) is 15.5 Å². The van der Waals surface area contributed by atoms with Gasteiger partial charge in [0.1, 0.15) is 0 Å². The average molecular weight is 273 g/mol. The summed E-state index contributed by atoms with van der Waals surface area (Å²) in [6, 6.07) is 8.12. The first-order valence-electron chi connectivity index (χ1n) is 6.96. The van der Waals surface area contributed by atoms with Crippen molar-refractivity contribution in [1.29, 1.82) is 0 Å². The molecular weight excluding hydrogens is 254 g/mol. The molecule has 0 bridgehead atoms. The summed E-state index contributed by atoms with van der Waals surface area (Å²) in [4.78, 5) is 4.34. The number of aromatic nitrogens is 2. The first kappa shape index (κ1) is 13.3. The van der Waals surface area contributed by atoms with Crippen LogP contribution >= 0.6 is 0 Å². The summed E-state index contributed by atoms with van der Waals surface area (Å²) < 4.78 is 5.23. The highest BCUT2D eigenvalue weighted by Crippen LogP contribution is 2.28. The minimum absolute atomic E-state index is 0.297. The van der Waals surface area contributed by atoms with E-state index >= 15 is 0 Å². The maximum atomic E-state index is 10.4. The zero-order valence-electron chi connectivity index (χ0n) is 11.8. The number of rotatable bonds is 3. The molecule has 5 heteroatoms. The molecule has 1 unspecified atom stereocenters. The van der Waals surface area contributed by atoms with Crippen molar-refractivity contribution in [2.24, 2.45) is 0 Å². The fraction of sp³-hybridized carbons (Fsp3) is 0.467. The Morgan fingerprint density at radius 1 is 1.30 bits per heavy atom. The second kappa shape index (κ2) is 5.00. The Morgan fingerprint density at radius 3 is 2.65 bits per heavy atom. The van der Waals surface area contributed by atoms with E-state index in [1.165, 1.54) is 5.56 Å². The molecule has 2 heterocycles. The summed E-state index contributed by atoms with van der Waals surface area (Å²) in [5.74, 6) is 1.32. The molecule has 0 radical (unpaired) electrons. The number of hydrogen-bond donors (Lipinski definition) is 2. The Hall–Kier alpha value is -1.72. The van der Waals surface area contributed by atoms with Gasteiger partial charge in [-0.2, -0.15) is 4.98 Å². The Bertz CT molecular complexity index is 583. The van der Waals surface area contributed by atoms with E-state index < -0.39 is 5.60 Å². The van der Waals surface area contributed by atoms with Crippen molar-refractivity contribution in [3.63, 3.8) is 0 Å². The molecule has 1 aromatic carbocycles. The molecule has 1 saturated heterocycles. The highest BCUT2D eigenvalue weighted by atomic mass is 16.5. The third-order valence-electron chi connectivity index (χ3n) is 3.79. The Balaban J connectivity index is 1.86. The Labute approximate surface area is 118 Å². The van der Waals surface area contributed by atoms with Crippen LogP contribution < -0.4 is 5.32 Å². The van der Waals surface area contributed by atoms with Gasteiger partial charge >= 0.3 is 0 Å². The van der Waals surface area contributed by atoms with E-state index in [4.69, 9.17) is 4.52 Å². The second-order valence-corrected chi connectivity index (χ2v) is 5.66. The molecule has 1 aromatic heterocycles. The van der Waals surface area contributed by atoms with Crippen LogP contribution in [0.25, 0.3) is 11.4 Å². The van der Waals surface area contributed by atoms with Crippen molar-refractivity contribution in [3.05, 3.63) is 35.7 Å². The summed E-state index contributed by atoms with van der Waals surface area (Å²) in [5.41, 5.74) is 1.15. The van der Waals surface area contributed by atoms with Crippen molar-refractivity contribution < 1.29 is 9.63 Å². The molecule has 3 rings (SSSR count). The maximum absolute atomic E-state index is 10.4. The Morgan fingerprint density at radius 2 is 2.05 bits per heavy atom. The van der Waals surface area contributed by atoms with E-state index in [2.05, 4.69) is 41.4 Å². The van der Waals surface area contributed by atoms with Crippen LogP contribution in [0.4, 0.5) is 0 Å². The van der Waals surface area contributed by atoms with Gasteiger partial charge in [0, 0.05) is 12.1 Å². The number of hydrogen-bond acceptors (Lipinski definition) is 5. The molecule has 5 nitrogen and oxygen atoms in total. The molecule has 0 amide bonds. The second-order valence-electron chi connectivity index (χ2n) is 5.66. The minimum Gasteiger partial charge on any atom is -0.379 e. The van der Waals surface area contributed by atoms with Crippen molar-refractivity contribution in [3.8, 4) is 11.4 Å². The molecule has 20 heavy (non-hydrogen) atoms. The molecule has 0 spiro atoms. The van der Waals surface area contributed by atoms with E-state index in [1.807, 2.05) is 12.1 Å². The fourth-order valence-electron chi connectivity index (χ4n) is 2.41. The standard InChI is InChI=1S/C15H19N3O2/c1-10(2)11-3-5-12(6-4-11)13-17-14(20-18-13)15(19)7-8-16-9-15/h3-6,10,16,19H,7-9H2,1-2H3. The van der Waals surface area contributed by atoms with Crippen LogP contribution in [-0.4, -0.2) is 28.3 Å². The van der Waals surface area contributed by atoms with Gasteiger partial charge in [-0.1, -0.05) is 43.3 Å². The quantitative estimate of drug-likeness (QED) is 0.895. The number of nitrogens with zero attached hydrogens (tertiary/aromatic N) is 2. The molecule has 2 N–H and O–H groups in total. The first-order valence-corrected chi connectivity index (χ1v) is 6.96. The number of aliphatic hydroxyl groups is 1. The lowest BCUT2D eigenvalue weighted by atomic mass is 10.0. The maximum Gasteiger partial charge on any atom is 0.260 e. The van der Waals surface area contributed by atoms with Crippen LogP contribution in [0.1, 0.15) is 37.6 Å². The molecule has 1 fully saturated rings. The van der Waals surface area contributed by atoms with Gasteiger partial charge in [0.05, 0.1) is 0 Å². The summed E-state index contributed by atoms with van der Waals surface area (Å²) in [6.45, 7) is 5.53. The largest absolute Gasteiger partial charge is 0.379 e. The lowest BCUT2D eigenvalue weighted by molar-refractivity contribution is 0.0243. The molecule has 1 aliphatic heterocycles. The monoisotopic (exact) mass is 273 g/mol. The summed E-state index contributed by atoms with van der Waals surface area (Å²) >= 11 is 0. The number of β-amino-alcohol motifs (C(OH)–C–C–N with tert-alkyl or cyclic N) is 1. The van der Waals surface area contributed by atoms with Crippen LogP contribution in [0.2, 0.25) is 0 Å². The van der Waals surface area contributed by atoms with Crippen molar-refractivity contribution in [2.75, 3.05) is 13.1 Å². The van der Waals surface area contributed by atoms with E-state index in [0.29, 0.717) is 30.6 Å². The summed E-state index contributed by atoms with van der Waals surface area (Å²) in [5, 5.41) is 17.5. The summed E-state index contributed by atoms with van der Waals surface area (Å²) in [7, 11) is 0. The van der Waals surface area contributed by atoms with Crippen molar-refractivity contribution >= 4 is 0 Å². The molecule has 106 valence electrons. The average Bonchev–Trinajstić information content (AvgIpc) is 3.08. The van der Waals surface area contributed by atoms with Gasteiger partial charge in [0.2, 0.25) is 5.82 Å². The van der Waals surface area contributed by atoms with Crippen LogP contribution in [0.15, 0.2) is 28.8 Å². The van der Waals surface area contributed by atoms with Gasteiger partial charge in [-0.15, -0.1) is 0 Å². The normalized spacial score (nSPS) is 22.6. The Kier molecular flexibility index (Phi) is 3.31. The van der Waals surface area contributed by atoms with Gasteiger partial charge in [-0.05, 0) is 24.4 Å². The highest BCUT2D eigenvalue weighted by Gasteiger charge is 2.38. The highest BCUT2D eigenvalue weighted by molar-refractivity contribution is 5.55. The minimum atomic E-state index is -1.02. The van der Waals surface area contributed by atoms with Crippen LogP contribution in [0, 0.1) is 0 Å². The predicted octanol–water partition coefficient (Wildman–Crippen LogP) is 2.04. The van der Waals surface area contributed by atoms with E-state index in [9.17, 15) is 5.11 Å². The number of nitrogens with one attached hydrogen (secondary N) is 1. The fourth-order valence-corrected chi connectivity index (χ4v) is 2.41. The van der Waals surface area contributed by atoms with Gasteiger partial charge in [0.15, 0.2) is 5.60 Å². The zero-order chi connectivity index (χ0) is 14.2. The lowest BCUT2D eigenvalue weighted by Gasteiger charge is -2.14. The molecule has 1 aliphatic rings. The van der Waals surface area contributed by atoms with Crippen LogP contribution in [0.5, 0.6) is 0 Å². The van der Waals surface area contributed by atoms with Crippen LogP contribution in [0.3, 0.4) is 0 Å². The zero-order valence-corrected chi connectivity index (χ0v) is 11.8. The third kappa shape index (κ3) is 2.34. The smallest absolute Gasteiger partial charge is 0.260 e. The molecule has 0 aliphatic carbocycles. The molecule has 2 aromatic rings. The third-order valence-corrected chi connectivity index (χ3v) is 3.79. The molecular formula is C15H19N3O2. The van der Waals surface area contributed by atoms with Gasteiger partial charge in [-0.25, -0.2) is 0 Å². The van der Waals surface area contributed by atoms with Gasteiger partial charge < -0.3 is 14.9 Å². The topological polar surface area (TPSA) is 71.2 Å².